The van der Waals surface area contributed by atoms with Crippen LogP contribution in [-0.4, -0.2) is 5.11 Å². The van der Waals surface area contributed by atoms with Crippen molar-refractivity contribution in [2.75, 3.05) is 0 Å². The third-order valence-electron chi connectivity index (χ3n) is 2.68. The van der Waals surface area contributed by atoms with E-state index in [1.807, 2.05) is 6.07 Å². The van der Waals surface area contributed by atoms with Gasteiger partial charge in [-0.2, -0.15) is 0 Å². The average molecular weight is 180 g/mol. The molecule has 0 saturated heterocycles. The minimum atomic E-state index is -0.261. The Morgan fingerprint density at radius 3 is 2.38 bits per heavy atom. The van der Waals surface area contributed by atoms with Gasteiger partial charge in [0.25, 0.3) is 0 Å². The number of rotatable bonds is 1. The number of hydrogen-bond acceptors (Lipinski definition) is 1. The lowest BCUT2D eigenvalue weighted by Crippen LogP contribution is -2.05. The Labute approximate surface area is 77.2 Å². The van der Waals surface area contributed by atoms with Crippen molar-refractivity contribution in [3.8, 4) is 0 Å². The zero-order valence-electron chi connectivity index (χ0n) is 7.52. The van der Waals surface area contributed by atoms with Gasteiger partial charge in [0.15, 0.2) is 0 Å². The predicted molar refractivity (Wildman–Crippen MR) is 49.0 cm³/mol. The highest BCUT2D eigenvalue weighted by atomic mass is 19.1. The second-order valence-electron chi connectivity index (χ2n) is 3.58. The first-order valence-corrected chi connectivity index (χ1v) is 4.72. The van der Waals surface area contributed by atoms with Gasteiger partial charge in [-0.25, -0.2) is 4.39 Å². The van der Waals surface area contributed by atoms with Crippen LogP contribution in [0.5, 0.6) is 0 Å². The Balaban J connectivity index is 2.44. The van der Waals surface area contributed by atoms with Gasteiger partial charge in [0, 0.05) is 5.56 Å². The monoisotopic (exact) mass is 180 g/mol. The van der Waals surface area contributed by atoms with Crippen molar-refractivity contribution in [2.45, 2.75) is 32.3 Å². The van der Waals surface area contributed by atoms with Gasteiger partial charge < -0.3 is 5.11 Å². The molecular formula is C11H13FO. The molecule has 0 aromatic heterocycles. The molecule has 2 rings (SSSR count). The standard InChI is InChI=1S/C11H13FO/c12-11-6-9-4-2-1-3-8(9)5-10(11)7-13/h5-6,13H,1-4,7H2. The summed E-state index contributed by atoms with van der Waals surface area (Å²) >= 11 is 0. The van der Waals surface area contributed by atoms with Gasteiger partial charge in [-0.05, 0) is 42.9 Å². The quantitative estimate of drug-likeness (QED) is 0.702. The van der Waals surface area contributed by atoms with Crippen LogP contribution >= 0.6 is 0 Å². The molecule has 0 amide bonds. The molecule has 0 spiro atoms. The molecule has 1 aliphatic rings. The lowest BCUT2D eigenvalue weighted by atomic mass is 9.90. The summed E-state index contributed by atoms with van der Waals surface area (Å²) in [6.07, 6.45) is 4.36. The normalized spacial score (nSPS) is 15.5. The molecule has 1 nitrogen and oxygen atoms in total. The minimum absolute atomic E-state index is 0.195. The van der Waals surface area contributed by atoms with Crippen molar-refractivity contribution in [2.24, 2.45) is 0 Å². The second-order valence-corrected chi connectivity index (χ2v) is 3.58. The summed E-state index contributed by atoms with van der Waals surface area (Å²) in [4.78, 5) is 0. The smallest absolute Gasteiger partial charge is 0.129 e. The van der Waals surface area contributed by atoms with Crippen LogP contribution in [0.3, 0.4) is 0 Å². The lowest BCUT2D eigenvalue weighted by Gasteiger charge is -2.16. The van der Waals surface area contributed by atoms with E-state index in [4.69, 9.17) is 5.11 Å². The molecule has 1 aromatic carbocycles. The molecule has 0 radical (unpaired) electrons. The molecule has 0 atom stereocenters. The number of halogens is 1. The molecule has 1 aliphatic carbocycles. The van der Waals surface area contributed by atoms with Crippen LogP contribution in [0.15, 0.2) is 12.1 Å². The average Bonchev–Trinajstić information content (AvgIpc) is 2.17. The topological polar surface area (TPSA) is 20.2 Å². The van der Waals surface area contributed by atoms with Gasteiger partial charge >= 0.3 is 0 Å². The summed E-state index contributed by atoms with van der Waals surface area (Å²) in [5, 5.41) is 8.88. The van der Waals surface area contributed by atoms with Crippen LogP contribution in [0.25, 0.3) is 0 Å². The number of aliphatic hydroxyl groups excluding tert-OH is 1. The van der Waals surface area contributed by atoms with Gasteiger partial charge in [-0.1, -0.05) is 6.07 Å². The van der Waals surface area contributed by atoms with E-state index in [0.29, 0.717) is 5.56 Å². The first kappa shape index (κ1) is 8.70. The van der Waals surface area contributed by atoms with E-state index < -0.39 is 0 Å². The lowest BCUT2D eigenvalue weighted by molar-refractivity contribution is 0.275. The van der Waals surface area contributed by atoms with Crippen LogP contribution in [-0.2, 0) is 19.4 Å². The fourth-order valence-corrected chi connectivity index (χ4v) is 1.93. The largest absolute Gasteiger partial charge is 0.392 e. The molecule has 70 valence electrons. The summed E-state index contributed by atoms with van der Waals surface area (Å²) in [6.45, 7) is -0.195. The summed E-state index contributed by atoms with van der Waals surface area (Å²) < 4.78 is 13.2. The maximum absolute atomic E-state index is 13.2. The zero-order valence-corrected chi connectivity index (χ0v) is 7.52. The van der Waals surface area contributed by atoms with Gasteiger partial charge in [-0.15, -0.1) is 0 Å². The molecule has 13 heavy (non-hydrogen) atoms. The van der Waals surface area contributed by atoms with Gasteiger partial charge in [0.2, 0.25) is 0 Å². The van der Waals surface area contributed by atoms with Crippen molar-refractivity contribution in [3.05, 3.63) is 34.6 Å². The SMILES string of the molecule is OCc1cc2c(cc1F)CCCC2. The summed E-state index contributed by atoms with van der Waals surface area (Å²) in [7, 11) is 0. The van der Waals surface area contributed by atoms with Crippen molar-refractivity contribution in [1.82, 2.24) is 0 Å². The molecule has 0 unspecified atom stereocenters. The first-order valence-electron chi connectivity index (χ1n) is 4.72. The van der Waals surface area contributed by atoms with Gasteiger partial charge in [-0.3, -0.25) is 0 Å². The van der Waals surface area contributed by atoms with Gasteiger partial charge in [0.1, 0.15) is 5.82 Å². The highest BCUT2D eigenvalue weighted by Crippen LogP contribution is 2.24. The van der Waals surface area contributed by atoms with E-state index in [9.17, 15) is 4.39 Å². The summed E-state index contributed by atoms with van der Waals surface area (Å²) in [5.74, 6) is -0.261. The van der Waals surface area contributed by atoms with E-state index in [1.54, 1.807) is 6.07 Å². The molecule has 0 heterocycles. The number of aliphatic hydroxyl groups is 1. The predicted octanol–water partition coefficient (Wildman–Crippen LogP) is 2.20. The number of benzene rings is 1. The Morgan fingerprint density at radius 2 is 1.77 bits per heavy atom. The number of fused-ring (bicyclic) bond motifs is 1. The third-order valence-corrected chi connectivity index (χ3v) is 2.68. The molecule has 1 aromatic rings. The van der Waals surface area contributed by atoms with Crippen LogP contribution < -0.4 is 0 Å². The summed E-state index contributed by atoms with van der Waals surface area (Å²) in [6, 6.07) is 3.39. The molecule has 2 heteroatoms. The van der Waals surface area contributed by atoms with E-state index in [2.05, 4.69) is 0 Å². The van der Waals surface area contributed by atoms with E-state index >= 15 is 0 Å². The second kappa shape index (κ2) is 3.46. The Bertz CT molecular complexity index is 320. The molecular weight excluding hydrogens is 167 g/mol. The van der Waals surface area contributed by atoms with Crippen LogP contribution in [0.4, 0.5) is 4.39 Å². The maximum atomic E-state index is 13.2. The molecule has 1 N–H and O–H groups in total. The van der Waals surface area contributed by atoms with Crippen molar-refractivity contribution in [3.63, 3.8) is 0 Å². The van der Waals surface area contributed by atoms with Crippen molar-refractivity contribution >= 4 is 0 Å². The Hall–Kier alpha value is -0.890. The fraction of sp³-hybridized carbons (Fsp3) is 0.455. The Kier molecular flexibility index (Phi) is 2.32. The summed E-state index contributed by atoms with van der Waals surface area (Å²) in [5.41, 5.74) is 2.78. The highest BCUT2D eigenvalue weighted by molar-refractivity contribution is 5.34. The number of hydrogen-bond donors (Lipinski definition) is 1. The molecule has 0 bridgehead atoms. The number of aryl methyl sites for hydroxylation is 2. The fourth-order valence-electron chi connectivity index (χ4n) is 1.93. The first-order chi connectivity index (χ1) is 6.31. The third kappa shape index (κ3) is 1.59. The van der Waals surface area contributed by atoms with Crippen LogP contribution in [0.1, 0.15) is 29.5 Å². The van der Waals surface area contributed by atoms with Crippen molar-refractivity contribution in [1.29, 1.82) is 0 Å². The van der Waals surface area contributed by atoms with Crippen LogP contribution in [0.2, 0.25) is 0 Å². The molecule has 0 aliphatic heterocycles. The van der Waals surface area contributed by atoms with Crippen LogP contribution in [0, 0.1) is 5.82 Å². The molecule has 0 saturated carbocycles. The van der Waals surface area contributed by atoms with Crippen molar-refractivity contribution < 1.29 is 9.50 Å². The van der Waals surface area contributed by atoms with E-state index in [-0.39, 0.29) is 12.4 Å². The Morgan fingerprint density at radius 1 is 1.15 bits per heavy atom. The minimum Gasteiger partial charge on any atom is -0.392 e. The van der Waals surface area contributed by atoms with E-state index in [1.165, 1.54) is 12.0 Å². The maximum Gasteiger partial charge on any atom is 0.129 e. The zero-order chi connectivity index (χ0) is 9.26. The van der Waals surface area contributed by atoms with Gasteiger partial charge in [0.05, 0.1) is 6.61 Å². The van der Waals surface area contributed by atoms with E-state index in [0.717, 1.165) is 24.8 Å². The molecule has 0 fully saturated rings. The highest BCUT2D eigenvalue weighted by Gasteiger charge is 2.12.